The lowest BCUT2D eigenvalue weighted by Crippen LogP contribution is -2.27. The Morgan fingerprint density at radius 1 is 1.18 bits per heavy atom. The molecule has 174 valence electrons. The van der Waals surface area contributed by atoms with Gasteiger partial charge in [-0.05, 0) is 29.7 Å². The number of rotatable bonds is 11. The van der Waals surface area contributed by atoms with E-state index in [9.17, 15) is 14.9 Å². The van der Waals surface area contributed by atoms with Crippen LogP contribution in [0.5, 0.6) is 0 Å². The number of carbonyl (C=O) groups excluding carboxylic acids is 1. The SMILES string of the molecule is COCCn1c(SCc2ccc(C(=O)NCC(C)C)cc2)nnc1-c1ccccc1[N+](=O)[O-]. The Morgan fingerprint density at radius 3 is 2.58 bits per heavy atom. The van der Waals surface area contributed by atoms with Crippen LogP contribution in [0.25, 0.3) is 11.4 Å². The molecule has 0 atom stereocenters. The van der Waals surface area contributed by atoms with Crippen molar-refractivity contribution in [3.05, 3.63) is 69.8 Å². The molecule has 0 spiro atoms. The lowest BCUT2D eigenvalue weighted by molar-refractivity contribution is -0.384. The fourth-order valence-corrected chi connectivity index (χ4v) is 4.02. The highest BCUT2D eigenvalue weighted by Gasteiger charge is 2.22. The molecule has 0 bridgehead atoms. The second-order valence-electron chi connectivity index (χ2n) is 7.81. The maximum Gasteiger partial charge on any atom is 0.280 e. The fraction of sp³-hybridized carbons (Fsp3) is 0.348. The first-order valence-corrected chi connectivity index (χ1v) is 11.5. The number of methoxy groups -OCH3 is 1. The van der Waals surface area contributed by atoms with E-state index in [1.54, 1.807) is 37.4 Å². The van der Waals surface area contributed by atoms with E-state index in [0.29, 0.717) is 53.5 Å². The lowest BCUT2D eigenvalue weighted by Gasteiger charge is -2.10. The number of benzene rings is 2. The Hall–Kier alpha value is -3.24. The molecule has 0 saturated heterocycles. The van der Waals surface area contributed by atoms with Gasteiger partial charge in [0.25, 0.3) is 11.6 Å². The van der Waals surface area contributed by atoms with Gasteiger partial charge < -0.3 is 10.1 Å². The van der Waals surface area contributed by atoms with Gasteiger partial charge in [-0.15, -0.1) is 10.2 Å². The molecule has 0 radical (unpaired) electrons. The minimum Gasteiger partial charge on any atom is -0.383 e. The summed E-state index contributed by atoms with van der Waals surface area (Å²) in [7, 11) is 1.60. The zero-order valence-corrected chi connectivity index (χ0v) is 19.7. The summed E-state index contributed by atoms with van der Waals surface area (Å²) >= 11 is 1.47. The van der Waals surface area contributed by atoms with Crippen molar-refractivity contribution in [1.29, 1.82) is 0 Å². The highest BCUT2D eigenvalue weighted by molar-refractivity contribution is 7.98. The number of para-hydroxylation sites is 1. The molecule has 1 heterocycles. The summed E-state index contributed by atoms with van der Waals surface area (Å²) in [5.74, 6) is 1.34. The van der Waals surface area contributed by atoms with Gasteiger partial charge in [0, 0.05) is 31.0 Å². The monoisotopic (exact) mass is 469 g/mol. The van der Waals surface area contributed by atoms with Crippen molar-refractivity contribution < 1.29 is 14.5 Å². The van der Waals surface area contributed by atoms with Gasteiger partial charge in [-0.1, -0.05) is 49.9 Å². The average molecular weight is 470 g/mol. The summed E-state index contributed by atoms with van der Waals surface area (Å²) in [5.41, 5.74) is 2.03. The number of carbonyl (C=O) groups is 1. The van der Waals surface area contributed by atoms with Crippen molar-refractivity contribution in [3.8, 4) is 11.4 Å². The molecule has 0 unspecified atom stereocenters. The molecule has 1 aromatic heterocycles. The molecule has 0 fully saturated rings. The molecule has 3 aromatic rings. The van der Waals surface area contributed by atoms with E-state index in [1.165, 1.54) is 17.8 Å². The van der Waals surface area contributed by atoms with Crippen LogP contribution in [0.1, 0.15) is 29.8 Å². The zero-order valence-electron chi connectivity index (χ0n) is 18.9. The number of hydrogen-bond donors (Lipinski definition) is 1. The number of thioether (sulfide) groups is 1. The van der Waals surface area contributed by atoms with Gasteiger partial charge in [-0.2, -0.15) is 0 Å². The Bertz CT molecular complexity index is 1100. The zero-order chi connectivity index (χ0) is 23.8. The third-order valence-corrected chi connectivity index (χ3v) is 5.87. The third kappa shape index (κ3) is 6.39. The minimum absolute atomic E-state index is 0.0218. The molecule has 0 aliphatic heterocycles. The third-order valence-electron chi connectivity index (χ3n) is 4.83. The molecule has 3 rings (SSSR count). The summed E-state index contributed by atoms with van der Waals surface area (Å²) in [6.45, 7) is 5.61. The van der Waals surface area contributed by atoms with E-state index in [2.05, 4.69) is 15.5 Å². The molecular formula is C23H27N5O4S. The van der Waals surface area contributed by atoms with Crippen molar-refractivity contribution >= 4 is 23.4 Å². The van der Waals surface area contributed by atoms with Crippen molar-refractivity contribution in [2.45, 2.75) is 31.3 Å². The van der Waals surface area contributed by atoms with Crippen LogP contribution in [-0.2, 0) is 17.0 Å². The fourth-order valence-electron chi connectivity index (χ4n) is 3.10. The Kier molecular flexibility index (Phi) is 8.56. The number of nitro groups is 1. The second kappa shape index (κ2) is 11.6. The summed E-state index contributed by atoms with van der Waals surface area (Å²) < 4.78 is 7.05. The number of nitro benzene ring substituents is 1. The van der Waals surface area contributed by atoms with Crippen molar-refractivity contribution in [3.63, 3.8) is 0 Å². The standard InChI is InChI=1S/C23H27N5O4S/c1-16(2)14-24-22(29)18-10-8-17(9-11-18)15-33-23-26-25-21(27(23)12-13-32-3)19-6-4-5-7-20(19)28(30)31/h4-11,16H,12-15H2,1-3H3,(H,24,29). The predicted octanol–water partition coefficient (Wildman–Crippen LogP) is 4.18. The maximum absolute atomic E-state index is 12.2. The smallest absolute Gasteiger partial charge is 0.280 e. The highest BCUT2D eigenvalue weighted by atomic mass is 32.2. The number of ether oxygens (including phenoxy) is 1. The van der Waals surface area contributed by atoms with Crippen LogP contribution in [-0.4, -0.2) is 45.9 Å². The molecule has 1 N–H and O–H groups in total. The number of hydrogen-bond acceptors (Lipinski definition) is 7. The van der Waals surface area contributed by atoms with E-state index in [4.69, 9.17) is 4.74 Å². The summed E-state index contributed by atoms with van der Waals surface area (Å²) in [4.78, 5) is 23.3. The average Bonchev–Trinajstić information content (AvgIpc) is 3.22. The Balaban J connectivity index is 1.76. The van der Waals surface area contributed by atoms with Gasteiger partial charge in [-0.3, -0.25) is 19.5 Å². The summed E-state index contributed by atoms with van der Waals surface area (Å²) in [6, 6.07) is 13.9. The normalized spacial score (nSPS) is 11.0. The molecule has 10 heteroatoms. The van der Waals surface area contributed by atoms with Gasteiger partial charge in [0.05, 0.1) is 23.6 Å². The molecule has 33 heavy (non-hydrogen) atoms. The van der Waals surface area contributed by atoms with Gasteiger partial charge in [0.15, 0.2) is 11.0 Å². The number of amides is 1. The molecule has 2 aromatic carbocycles. The lowest BCUT2D eigenvalue weighted by atomic mass is 10.1. The highest BCUT2D eigenvalue weighted by Crippen LogP contribution is 2.31. The van der Waals surface area contributed by atoms with E-state index in [1.807, 2.05) is 30.5 Å². The Labute approximate surface area is 196 Å². The van der Waals surface area contributed by atoms with Crippen molar-refractivity contribution in [2.75, 3.05) is 20.3 Å². The topological polar surface area (TPSA) is 112 Å². The van der Waals surface area contributed by atoms with Gasteiger partial charge >= 0.3 is 0 Å². The van der Waals surface area contributed by atoms with Crippen LogP contribution in [0, 0.1) is 16.0 Å². The van der Waals surface area contributed by atoms with E-state index in [0.717, 1.165) is 5.56 Å². The number of aromatic nitrogens is 3. The molecule has 0 aliphatic rings. The van der Waals surface area contributed by atoms with E-state index in [-0.39, 0.29) is 11.6 Å². The van der Waals surface area contributed by atoms with Gasteiger partial charge in [0.1, 0.15) is 0 Å². The van der Waals surface area contributed by atoms with Crippen LogP contribution in [0.2, 0.25) is 0 Å². The van der Waals surface area contributed by atoms with Crippen molar-refractivity contribution in [1.82, 2.24) is 20.1 Å². The van der Waals surface area contributed by atoms with Gasteiger partial charge in [-0.25, -0.2) is 0 Å². The predicted molar refractivity (Wildman–Crippen MR) is 127 cm³/mol. The quantitative estimate of drug-likeness (QED) is 0.255. The van der Waals surface area contributed by atoms with Crippen LogP contribution in [0.4, 0.5) is 5.69 Å². The first kappa shape index (κ1) is 24.4. The minimum atomic E-state index is -0.420. The van der Waals surface area contributed by atoms with Crippen molar-refractivity contribution in [2.24, 2.45) is 5.92 Å². The van der Waals surface area contributed by atoms with E-state index < -0.39 is 4.92 Å². The van der Waals surface area contributed by atoms with Crippen LogP contribution < -0.4 is 5.32 Å². The van der Waals surface area contributed by atoms with Crippen LogP contribution >= 0.6 is 11.8 Å². The van der Waals surface area contributed by atoms with Crippen LogP contribution in [0.15, 0.2) is 53.7 Å². The molecule has 0 aliphatic carbocycles. The van der Waals surface area contributed by atoms with Gasteiger partial charge in [0.2, 0.25) is 0 Å². The Morgan fingerprint density at radius 2 is 1.91 bits per heavy atom. The summed E-state index contributed by atoms with van der Waals surface area (Å²) in [6.07, 6.45) is 0. The molecule has 0 saturated carbocycles. The molecule has 1 amide bonds. The number of nitrogens with zero attached hydrogens (tertiary/aromatic N) is 4. The maximum atomic E-state index is 12.2. The molecule has 9 nitrogen and oxygen atoms in total. The first-order valence-electron chi connectivity index (χ1n) is 10.6. The summed E-state index contributed by atoms with van der Waals surface area (Å²) in [5, 5.41) is 23.6. The largest absolute Gasteiger partial charge is 0.383 e. The number of nitrogens with one attached hydrogen (secondary N) is 1. The second-order valence-corrected chi connectivity index (χ2v) is 8.76. The van der Waals surface area contributed by atoms with E-state index >= 15 is 0 Å². The molecular weight excluding hydrogens is 442 g/mol. The first-order chi connectivity index (χ1) is 15.9. The van der Waals surface area contributed by atoms with Crippen LogP contribution in [0.3, 0.4) is 0 Å².